The second-order valence-corrected chi connectivity index (χ2v) is 6.88. The SMILES string of the molecule is CCNc1nc2ccccn2c1S(=O)(=O)N1CCC(O)C1. The van der Waals surface area contributed by atoms with Crippen molar-refractivity contribution < 1.29 is 13.5 Å². The molecule has 3 heterocycles. The van der Waals surface area contributed by atoms with Crippen molar-refractivity contribution in [2.45, 2.75) is 24.5 Å². The molecule has 1 atom stereocenters. The summed E-state index contributed by atoms with van der Waals surface area (Å²) in [6, 6.07) is 5.34. The van der Waals surface area contributed by atoms with Gasteiger partial charge in [0.25, 0.3) is 10.0 Å². The molecular weight excluding hydrogens is 292 g/mol. The number of hydrogen-bond donors (Lipinski definition) is 2. The van der Waals surface area contributed by atoms with Gasteiger partial charge in [-0.15, -0.1) is 0 Å². The van der Waals surface area contributed by atoms with E-state index in [1.165, 1.54) is 4.31 Å². The van der Waals surface area contributed by atoms with Crippen molar-refractivity contribution in [3.05, 3.63) is 24.4 Å². The highest BCUT2D eigenvalue weighted by Gasteiger charge is 2.35. The van der Waals surface area contributed by atoms with E-state index in [1.54, 1.807) is 22.7 Å². The number of anilines is 1. The molecule has 1 unspecified atom stereocenters. The molecule has 1 aliphatic heterocycles. The fourth-order valence-corrected chi connectivity index (χ4v) is 4.28. The van der Waals surface area contributed by atoms with Gasteiger partial charge in [0.05, 0.1) is 6.10 Å². The third-order valence-electron chi connectivity index (χ3n) is 3.54. The van der Waals surface area contributed by atoms with Gasteiger partial charge in [0.2, 0.25) is 0 Å². The molecule has 0 aromatic carbocycles. The lowest BCUT2D eigenvalue weighted by atomic mass is 10.3. The van der Waals surface area contributed by atoms with Gasteiger partial charge in [-0.25, -0.2) is 13.4 Å². The summed E-state index contributed by atoms with van der Waals surface area (Å²) in [6.07, 6.45) is 1.55. The van der Waals surface area contributed by atoms with Gasteiger partial charge in [-0.2, -0.15) is 4.31 Å². The van der Waals surface area contributed by atoms with Crippen molar-refractivity contribution in [2.75, 3.05) is 25.0 Å². The normalized spacial score (nSPS) is 20.2. The number of nitrogens with zero attached hydrogens (tertiary/aromatic N) is 3. The van der Waals surface area contributed by atoms with Crippen LogP contribution in [0.1, 0.15) is 13.3 Å². The Morgan fingerprint density at radius 3 is 2.95 bits per heavy atom. The molecule has 0 saturated carbocycles. The number of β-amino-alcohol motifs (C(OH)–C–C–N with tert-alkyl or cyclic N) is 1. The minimum Gasteiger partial charge on any atom is -0.392 e. The molecule has 1 aliphatic rings. The zero-order valence-corrected chi connectivity index (χ0v) is 12.5. The summed E-state index contributed by atoms with van der Waals surface area (Å²) in [6.45, 7) is 2.93. The van der Waals surface area contributed by atoms with Gasteiger partial charge in [-0.1, -0.05) is 6.07 Å². The fraction of sp³-hybridized carbons (Fsp3) is 0.462. The first-order chi connectivity index (χ1) is 10.0. The first kappa shape index (κ1) is 14.3. The van der Waals surface area contributed by atoms with E-state index in [2.05, 4.69) is 10.3 Å². The van der Waals surface area contributed by atoms with Crippen LogP contribution in [-0.4, -0.2) is 53.0 Å². The number of imidazole rings is 1. The minimum absolute atomic E-state index is 0.133. The van der Waals surface area contributed by atoms with Crippen molar-refractivity contribution in [2.24, 2.45) is 0 Å². The summed E-state index contributed by atoms with van der Waals surface area (Å²) in [5, 5.41) is 12.7. The summed E-state index contributed by atoms with van der Waals surface area (Å²) < 4.78 is 28.6. The molecule has 8 heteroatoms. The summed E-state index contributed by atoms with van der Waals surface area (Å²) in [5.74, 6) is 0.352. The Morgan fingerprint density at radius 1 is 1.48 bits per heavy atom. The number of nitrogens with one attached hydrogen (secondary N) is 1. The van der Waals surface area contributed by atoms with Crippen LogP contribution in [0.15, 0.2) is 29.4 Å². The highest BCUT2D eigenvalue weighted by atomic mass is 32.2. The number of hydrogen-bond acceptors (Lipinski definition) is 5. The standard InChI is InChI=1S/C13H18N4O3S/c1-2-14-12-13(17-7-4-3-5-11(17)15-12)21(19,20)16-8-6-10(18)9-16/h3-5,7,10,14,18H,2,6,8-9H2,1H3. The number of sulfonamides is 1. The lowest BCUT2D eigenvalue weighted by Gasteiger charge is -2.16. The van der Waals surface area contributed by atoms with Crippen LogP contribution in [0, 0.1) is 0 Å². The molecule has 0 amide bonds. The highest BCUT2D eigenvalue weighted by molar-refractivity contribution is 7.89. The van der Waals surface area contributed by atoms with Crippen molar-refractivity contribution in [1.82, 2.24) is 13.7 Å². The van der Waals surface area contributed by atoms with Crippen molar-refractivity contribution in [3.63, 3.8) is 0 Å². The van der Waals surface area contributed by atoms with E-state index in [0.29, 0.717) is 31.0 Å². The Labute approximate surface area is 123 Å². The molecule has 114 valence electrons. The predicted molar refractivity (Wildman–Crippen MR) is 78.7 cm³/mol. The van der Waals surface area contributed by atoms with Crippen LogP contribution in [0.25, 0.3) is 5.65 Å². The van der Waals surface area contributed by atoms with E-state index < -0.39 is 16.1 Å². The third kappa shape index (κ3) is 2.39. The molecule has 0 radical (unpaired) electrons. The van der Waals surface area contributed by atoms with Gasteiger partial charge >= 0.3 is 0 Å². The molecule has 1 saturated heterocycles. The monoisotopic (exact) mass is 310 g/mol. The fourth-order valence-electron chi connectivity index (χ4n) is 2.55. The molecular formula is C13H18N4O3S. The van der Waals surface area contributed by atoms with Crippen molar-refractivity contribution in [3.8, 4) is 0 Å². The minimum atomic E-state index is -3.70. The molecule has 7 nitrogen and oxygen atoms in total. The van der Waals surface area contributed by atoms with E-state index in [9.17, 15) is 13.5 Å². The Morgan fingerprint density at radius 2 is 2.29 bits per heavy atom. The zero-order valence-electron chi connectivity index (χ0n) is 11.7. The van der Waals surface area contributed by atoms with Gasteiger partial charge in [0.15, 0.2) is 10.8 Å². The lowest BCUT2D eigenvalue weighted by molar-refractivity contribution is 0.189. The molecule has 0 spiro atoms. The molecule has 2 aromatic rings. The van der Waals surface area contributed by atoms with Gasteiger partial charge in [0, 0.05) is 25.8 Å². The van der Waals surface area contributed by atoms with Crippen molar-refractivity contribution in [1.29, 1.82) is 0 Å². The summed E-state index contributed by atoms with van der Waals surface area (Å²) in [5.41, 5.74) is 0.576. The maximum Gasteiger partial charge on any atom is 0.262 e. The van der Waals surface area contributed by atoms with Crippen LogP contribution in [0.4, 0.5) is 5.82 Å². The van der Waals surface area contributed by atoms with Crippen LogP contribution >= 0.6 is 0 Å². The maximum absolute atomic E-state index is 12.9. The van der Waals surface area contributed by atoms with Crippen LogP contribution in [-0.2, 0) is 10.0 Å². The molecule has 21 heavy (non-hydrogen) atoms. The summed E-state index contributed by atoms with van der Waals surface area (Å²) in [4.78, 5) is 4.34. The van der Waals surface area contributed by atoms with Crippen LogP contribution in [0.2, 0.25) is 0 Å². The largest absolute Gasteiger partial charge is 0.392 e. The Hall–Kier alpha value is -1.64. The molecule has 0 aliphatic carbocycles. The van der Waals surface area contributed by atoms with E-state index in [-0.39, 0.29) is 11.6 Å². The number of fused-ring (bicyclic) bond motifs is 1. The number of pyridine rings is 1. The van der Waals surface area contributed by atoms with Gasteiger partial charge in [0.1, 0.15) is 5.65 Å². The van der Waals surface area contributed by atoms with E-state index in [0.717, 1.165) is 0 Å². The first-order valence-corrected chi connectivity index (χ1v) is 8.37. The second kappa shape index (κ2) is 5.28. The number of aromatic nitrogens is 2. The topological polar surface area (TPSA) is 86.9 Å². The molecule has 0 bridgehead atoms. The van der Waals surface area contributed by atoms with E-state index >= 15 is 0 Å². The summed E-state index contributed by atoms with van der Waals surface area (Å²) >= 11 is 0. The Balaban J connectivity index is 2.15. The average molecular weight is 310 g/mol. The Kier molecular flexibility index (Phi) is 3.60. The van der Waals surface area contributed by atoms with E-state index in [4.69, 9.17) is 0 Å². The van der Waals surface area contributed by atoms with Crippen LogP contribution in [0.3, 0.4) is 0 Å². The molecule has 2 aromatic heterocycles. The van der Waals surface area contributed by atoms with Gasteiger partial charge < -0.3 is 10.4 Å². The predicted octanol–water partition coefficient (Wildman–Crippen LogP) is 0.521. The van der Waals surface area contributed by atoms with Gasteiger partial charge in [-0.3, -0.25) is 4.40 Å². The van der Waals surface area contributed by atoms with E-state index in [1.807, 2.05) is 13.0 Å². The maximum atomic E-state index is 12.9. The Bertz CT molecular complexity index is 756. The molecule has 3 rings (SSSR count). The number of aliphatic hydroxyl groups excluding tert-OH is 1. The number of rotatable bonds is 4. The average Bonchev–Trinajstić information content (AvgIpc) is 3.03. The molecule has 2 N–H and O–H groups in total. The smallest absolute Gasteiger partial charge is 0.262 e. The third-order valence-corrected chi connectivity index (χ3v) is 5.43. The van der Waals surface area contributed by atoms with Crippen LogP contribution in [0.5, 0.6) is 0 Å². The highest BCUT2D eigenvalue weighted by Crippen LogP contribution is 2.28. The van der Waals surface area contributed by atoms with Crippen LogP contribution < -0.4 is 5.32 Å². The number of aliphatic hydroxyl groups is 1. The molecule has 1 fully saturated rings. The zero-order chi connectivity index (χ0) is 15.0. The lowest BCUT2D eigenvalue weighted by Crippen LogP contribution is -2.31. The first-order valence-electron chi connectivity index (χ1n) is 6.93. The quantitative estimate of drug-likeness (QED) is 0.860. The second-order valence-electron chi connectivity index (χ2n) is 5.03. The van der Waals surface area contributed by atoms with Crippen molar-refractivity contribution >= 4 is 21.5 Å². The van der Waals surface area contributed by atoms with Gasteiger partial charge in [-0.05, 0) is 25.5 Å². The summed E-state index contributed by atoms with van der Waals surface area (Å²) in [7, 11) is -3.70.